The van der Waals surface area contributed by atoms with E-state index in [1.54, 1.807) is 12.1 Å². The van der Waals surface area contributed by atoms with Crippen LogP contribution in [-0.2, 0) is 4.79 Å². The fourth-order valence-corrected chi connectivity index (χ4v) is 1.00. The van der Waals surface area contributed by atoms with E-state index in [9.17, 15) is 9.59 Å². The van der Waals surface area contributed by atoms with Crippen LogP contribution in [0.15, 0.2) is 29.1 Å². The van der Waals surface area contributed by atoms with E-state index in [1.807, 2.05) is 13.0 Å². The second kappa shape index (κ2) is 3.85. The van der Waals surface area contributed by atoms with Crippen molar-refractivity contribution in [3.63, 3.8) is 0 Å². The van der Waals surface area contributed by atoms with Gasteiger partial charge in [-0.25, -0.2) is 0 Å². The number of amides is 1. The van der Waals surface area contributed by atoms with Crippen LogP contribution in [0.25, 0.3) is 0 Å². The molecule has 0 radical (unpaired) electrons. The van der Waals surface area contributed by atoms with Crippen molar-refractivity contribution < 1.29 is 4.79 Å². The van der Waals surface area contributed by atoms with Crippen molar-refractivity contribution in [1.82, 2.24) is 0 Å². The van der Waals surface area contributed by atoms with E-state index in [2.05, 4.69) is 5.32 Å². The average molecular weight is 177 g/mol. The van der Waals surface area contributed by atoms with Crippen LogP contribution in [-0.4, -0.2) is 5.91 Å². The van der Waals surface area contributed by atoms with Crippen LogP contribution in [0.2, 0.25) is 0 Å². The van der Waals surface area contributed by atoms with Gasteiger partial charge in [0.2, 0.25) is 11.3 Å². The second-order valence-electron chi connectivity index (χ2n) is 2.87. The predicted molar refractivity (Wildman–Crippen MR) is 51.8 cm³/mol. The number of carbonyl (C=O) groups excluding carboxylic acids is 1. The molecule has 3 nitrogen and oxygen atoms in total. The topological polar surface area (TPSA) is 46.2 Å². The van der Waals surface area contributed by atoms with Crippen LogP contribution in [0, 0.1) is 6.92 Å². The number of hydrogen-bond donors (Lipinski definition) is 1. The monoisotopic (exact) mass is 177 g/mol. The molecule has 0 bridgehead atoms. The smallest absolute Gasteiger partial charge is 0.221 e. The summed E-state index contributed by atoms with van der Waals surface area (Å²) >= 11 is 0. The number of aryl methyl sites for hydroxylation is 1. The minimum Gasteiger partial charge on any atom is -0.323 e. The molecule has 1 N–H and O–H groups in total. The summed E-state index contributed by atoms with van der Waals surface area (Å²) in [5.41, 5.74) is 1.03. The van der Waals surface area contributed by atoms with Crippen LogP contribution in [0.4, 0.5) is 5.69 Å². The summed E-state index contributed by atoms with van der Waals surface area (Å²) in [7, 11) is 0. The maximum atomic E-state index is 11.4. The van der Waals surface area contributed by atoms with Crippen molar-refractivity contribution in [3.8, 4) is 0 Å². The van der Waals surface area contributed by atoms with Crippen molar-refractivity contribution >= 4 is 11.6 Å². The van der Waals surface area contributed by atoms with E-state index in [0.29, 0.717) is 5.69 Å². The third-order valence-corrected chi connectivity index (χ3v) is 1.56. The van der Waals surface area contributed by atoms with Crippen LogP contribution in [0.3, 0.4) is 0 Å². The van der Waals surface area contributed by atoms with Gasteiger partial charge in [0.05, 0.1) is 5.69 Å². The Morgan fingerprint density at radius 3 is 2.69 bits per heavy atom. The van der Waals surface area contributed by atoms with Gasteiger partial charge in [-0.15, -0.1) is 0 Å². The summed E-state index contributed by atoms with van der Waals surface area (Å²) in [4.78, 5) is 22.1. The first-order valence-electron chi connectivity index (χ1n) is 3.98. The van der Waals surface area contributed by atoms with Gasteiger partial charge in [-0.05, 0) is 24.6 Å². The van der Waals surface area contributed by atoms with Crippen LogP contribution >= 0.6 is 0 Å². The van der Waals surface area contributed by atoms with Gasteiger partial charge in [-0.1, -0.05) is 12.1 Å². The molecule has 0 aromatic heterocycles. The lowest BCUT2D eigenvalue weighted by Crippen LogP contribution is -2.12. The molecule has 0 heterocycles. The Bertz CT molecular complexity index is 385. The number of rotatable bonds is 1. The highest BCUT2D eigenvalue weighted by Crippen LogP contribution is 1.99. The van der Waals surface area contributed by atoms with Gasteiger partial charge >= 0.3 is 0 Å². The predicted octanol–water partition coefficient (Wildman–Crippen LogP) is 1.31. The second-order valence-corrected chi connectivity index (χ2v) is 2.87. The molecule has 3 heteroatoms. The van der Waals surface area contributed by atoms with Crippen LogP contribution in [0.1, 0.15) is 12.5 Å². The highest BCUT2D eigenvalue weighted by atomic mass is 16.2. The van der Waals surface area contributed by atoms with E-state index in [4.69, 9.17) is 0 Å². The number of carbonyl (C=O) groups is 1. The zero-order valence-corrected chi connectivity index (χ0v) is 7.63. The zero-order chi connectivity index (χ0) is 9.84. The van der Waals surface area contributed by atoms with Crippen molar-refractivity contribution in [3.05, 3.63) is 40.1 Å². The van der Waals surface area contributed by atoms with E-state index in [0.717, 1.165) is 5.56 Å². The Balaban J connectivity index is 3.18. The van der Waals surface area contributed by atoms with Gasteiger partial charge < -0.3 is 5.32 Å². The fourth-order valence-electron chi connectivity index (χ4n) is 1.00. The molecule has 1 aromatic rings. The first-order valence-corrected chi connectivity index (χ1v) is 3.98. The molecule has 1 rings (SSSR count). The molecule has 0 aliphatic carbocycles. The van der Waals surface area contributed by atoms with Crippen molar-refractivity contribution in [2.75, 3.05) is 5.32 Å². The van der Waals surface area contributed by atoms with Crippen LogP contribution in [0.5, 0.6) is 0 Å². The van der Waals surface area contributed by atoms with E-state index < -0.39 is 0 Å². The first kappa shape index (κ1) is 9.45. The molecule has 0 unspecified atom stereocenters. The molecule has 1 aromatic carbocycles. The molecule has 0 atom stereocenters. The summed E-state index contributed by atoms with van der Waals surface area (Å²) in [6.07, 6.45) is 0. The molecular weight excluding hydrogens is 166 g/mol. The van der Waals surface area contributed by atoms with Gasteiger partial charge in [0.1, 0.15) is 0 Å². The molecule has 68 valence electrons. The summed E-state index contributed by atoms with van der Waals surface area (Å²) in [5.74, 6) is -0.235. The van der Waals surface area contributed by atoms with E-state index >= 15 is 0 Å². The average Bonchev–Trinajstić information content (AvgIpc) is 2.13. The molecule has 13 heavy (non-hydrogen) atoms. The van der Waals surface area contributed by atoms with Crippen molar-refractivity contribution in [2.24, 2.45) is 0 Å². The fraction of sp³-hybridized carbons (Fsp3) is 0.200. The quantitative estimate of drug-likeness (QED) is 0.703. The summed E-state index contributed by atoms with van der Waals surface area (Å²) in [5, 5.41) is 2.47. The highest BCUT2D eigenvalue weighted by molar-refractivity contribution is 5.88. The van der Waals surface area contributed by atoms with Gasteiger partial charge in [0, 0.05) is 6.92 Å². The largest absolute Gasteiger partial charge is 0.323 e. The maximum Gasteiger partial charge on any atom is 0.221 e. The normalized spacial score (nSPS) is 9.38. The SMILES string of the molecule is CC(=O)Nc1cccc(C)cc1=O. The lowest BCUT2D eigenvalue weighted by atomic mass is 10.3. The zero-order valence-electron chi connectivity index (χ0n) is 7.63. The van der Waals surface area contributed by atoms with E-state index in [1.165, 1.54) is 13.0 Å². The molecule has 0 aliphatic heterocycles. The Labute approximate surface area is 76.4 Å². The molecule has 0 saturated carbocycles. The highest BCUT2D eigenvalue weighted by Gasteiger charge is 1.97. The Hall–Kier alpha value is -1.64. The maximum absolute atomic E-state index is 11.4. The van der Waals surface area contributed by atoms with Gasteiger partial charge in [-0.3, -0.25) is 9.59 Å². The molecule has 0 aliphatic rings. The minimum atomic E-state index is -0.235. The lowest BCUT2D eigenvalue weighted by molar-refractivity contribution is -0.114. The van der Waals surface area contributed by atoms with E-state index in [-0.39, 0.29) is 11.3 Å². The third kappa shape index (κ3) is 2.71. The Kier molecular flexibility index (Phi) is 2.80. The number of nitrogens with one attached hydrogen (secondary N) is 1. The number of anilines is 1. The summed E-state index contributed by atoms with van der Waals surface area (Å²) < 4.78 is 0. The van der Waals surface area contributed by atoms with Crippen molar-refractivity contribution in [1.29, 1.82) is 0 Å². The van der Waals surface area contributed by atoms with Gasteiger partial charge in [0.25, 0.3) is 0 Å². The van der Waals surface area contributed by atoms with Gasteiger partial charge in [0.15, 0.2) is 0 Å². The molecule has 1 amide bonds. The molecule has 0 fully saturated rings. The molecule has 0 saturated heterocycles. The third-order valence-electron chi connectivity index (χ3n) is 1.56. The lowest BCUT2D eigenvalue weighted by Gasteiger charge is -1.95. The Morgan fingerprint density at radius 1 is 1.38 bits per heavy atom. The first-order chi connectivity index (χ1) is 6.09. The Morgan fingerprint density at radius 2 is 2.08 bits per heavy atom. The van der Waals surface area contributed by atoms with Crippen molar-refractivity contribution in [2.45, 2.75) is 13.8 Å². The minimum absolute atomic E-state index is 0.169. The van der Waals surface area contributed by atoms with Gasteiger partial charge in [-0.2, -0.15) is 0 Å². The number of hydrogen-bond acceptors (Lipinski definition) is 2. The van der Waals surface area contributed by atoms with Crippen LogP contribution < -0.4 is 10.7 Å². The molecular formula is C10H11NO2. The summed E-state index contributed by atoms with van der Waals surface area (Å²) in [6.45, 7) is 3.21. The standard InChI is InChI=1S/C10H11NO2/c1-7-4-3-5-9(10(13)6-7)11-8(2)12/h3-6H,1-2H3,(H,11,12,13). The summed E-state index contributed by atoms with van der Waals surface area (Å²) in [6, 6.07) is 6.64. The molecule has 0 spiro atoms.